The summed E-state index contributed by atoms with van der Waals surface area (Å²) in [6.45, 7) is 7.17. The van der Waals surface area contributed by atoms with Crippen molar-refractivity contribution in [2.24, 2.45) is 11.8 Å². The third-order valence-electron chi connectivity index (χ3n) is 4.32. The molecule has 0 fully saturated rings. The van der Waals surface area contributed by atoms with Gasteiger partial charge in [-0.05, 0) is 46.0 Å². The molecule has 2 rings (SSSR count). The molecule has 0 aliphatic rings. The molecule has 0 aliphatic heterocycles. The number of nitrogens with zero attached hydrogens (tertiary/aromatic N) is 2. The van der Waals surface area contributed by atoms with E-state index in [4.69, 9.17) is 9.47 Å². The molecule has 1 heterocycles. The molecule has 178 valence electrons. The van der Waals surface area contributed by atoms with Crippen molar-refractivity contribution < 1.29 is 29.0 Å². The first kappa shape index (κ1) is 26.1. The third-order valence-corrected chi connectivity index (χ3v) is 5.01. The van der Waals surface area contributed by atoms with Crippen molar-refractivity contribution in [3.8, 4) is 5.69 Å². The van der Waals surface area contributed by atoms with Crippen LogP contribution in [0.1, 0.15) is 43.7 Å². The number of benzene rings is 1. The normalized spacial score (nSPS) is 10.9. The third kappa shape index (κ3) is 6.92. The summed E-state index contributed by atoms with van der Waals surface area (Å²) >= 11 is 3.29. The topological polar surface area (TPSA) is 115 Å². The van der Waals surface area contributed by atoms with Crippen LogP contribution in [0.15, 0.2) is 45.7 Å². The van der Waals surface area contributed by atoms with Crippen LogP contribution in [-0.2, 0) is 16.0 Å². The summed E-state index contributed by atoms with van der Waals surface area (Å²) in [6.07, 6.45) is -1.86. The van der Waals surface area contributed by atoms with E-state index in [0.29, 0.717) is 5.69 Å². The van der Waals surface area contributed by atoms with Gasteiger partial charge in [0.25, 0.3) is 5.56 Å². The molecule has 1 N–H and O–H groups in total. The second-order valence-electron chi connectivity index (χ2n) is 8.16. The lowest BCUT2D eigenvalue weighted by molar-refractivity contribution is 0.0630. The molecule has 0 radical (unpaired) electrons. The largest absolute Gasteiger partial charge is 0.477 e. The van der Waals surface area contributed by atoms with E-state index in [9.17, 15) is 24.3 Å². The van der Waals surface area contributed by atoms with Gasteiger partial charge in [-0.1, -0.05) is 45.9 Å². The Kier molecular flexibility index (Phi) is 9.22. The Balaban J connectivity index is 2.59. The molecule has 2 aromatic rings. The molecular formula is C23H27BrN2O7. The van der Waals surface area contributed by atoms with Crippen LogP contribution in [0.3, 0.4) is 0 Å². The van der Waals surface area contributed by atoms with Gasteiger partial charge in [0, 0.05) is 10.2 Å². The summed E-state index contributed by atoms with van der Waals surface area (Å²) in [6, 6.07) is 9.47. The van der Waals surface area contributed by atoms with E-state index in [-0.39, 0.29) is 35.2 Å². The smallest absolute Gasteiger partial charge is 0.419 e. The number of hydrogen-bond donors (Lipinski definition) is 1. The highest BCUT2D eigenvalue weighted by atomic mass is 79.9. The quantitative estimate of drug-likeness (QED) is 0.534. The zero-order valence-electron chi connectivity index (χ0n) is 18.9. The second-order valence-corrected chi connectivity index (χ2v) is 9.02. The summed E-state index contributed by atoms with van der Waals surface area (Å²) in [5, 5.41) is 9.46. The van der Waals surface area contributed by atoms with Crippen molar-refractivity contribution in [3.63, 3.8) is 0 Å². The molecule has 0 aliphatic carbocycles. The van der Waals surface area contributed by atoms with Gasteiger partial charge < -0.3 is 14.6 Å². The van der Waals surface area contributed by atoms with Crippen LogP contribution in [0.5, 0.6) is 0 Å². The Morgan fingerprint density at radius 3 is 1.97 bits per heavy atom. The predicted molar refractivity (Wildman–Crippen MR) is 125 cm³/mol. The number of aromatic nitrogens is 1. The van der Waals surface area contributed by atoms with Crippen LogP contribution in [0, 0.1) is 11.8 Å². The minimum Gasteiger partial charge on any atom is -0.477 e. The van der Waals surface area contributed by atoms with E-state index in [1.54, 1.807) is 30.3 Å². The summed E-state index contributed by atoms with van der Waals surface area (Å²) in [5.41, 5.74) is -0.727. The van der Waals surface area contributed by atoms with Crippen molar-refractivity contribution >= 4 is 34.1 Å². The van der Waals surface area contributed by atoms with Crippen molar-refractivity contribution in [3.05, 3.63) is 62.5 Å². The molecule has 0 saturated heterocycles. The molecule has 0 bridgehead atoms. The van der Waals surface area contributed by atoms with Gasteiger partial charge in [-0.3, -0.25) is 9.36 Å². The van der Waals surface area contributed by atoms with Crippen molar-refractivity contribution in [2.75, 3.05) is 13.2 Å². The van der Waals surface area contributed by atoms with Crippen molar-refractivity contribution in [2.45, 2.75) is 34.2 Å². The van der Waals surface area contributed by atoms with Crippen molar-refractivity contribution in [1.82, 2.24) is 9.47 Å². The van der Waals surface area contributed by atoms with Crippen LogP contribution in [0.2, 0.25) is 0 Å². The van der Waals surface area contributed by atoms with Gasteiger partial charge in [0.1, 0.15) is 5.56 Å². The molecule has 0 saturated carbocycles. The SMILES string of the molecule is CC(C)COC(=O)N(Cc1c(Br)cc(C(=O)O)c(=O)n1-c1ccccc1)C(=O)OCC(C)C. The van der Waals surface area contributed by atoms with Gasteiger partial charge in [0.2, 0.25) is 0 Å². The van der Waals surface area contributed by atoms with Crippen LogP contribution in [-0.4, -0.2) is 45.9 Å². The number of carbonyl (C=O) groups excluding carboxylic acids is 2. The predicted octanol–water partition coefficient (Wildman–Crippen LogP) is 4.69. The lowest BCUT2D eigenvalue weighted by atomic mass is 10.2. The highest BCUT2D eigenvalue weighted by Gasteiger charge is 2.29. The Labute approximate surface area is 200 Å². The number of carboxylic acid groups (broad SMARTS) is 1. The number of rotatable bonds is 8. The summed E-state index contributed by atoms with van der Waals surface area (Å²) in [5.74, 6) is -1.33. The maximum atomic E-state index is 13.0. The lowest BCUT2D eigenvalue weighted by Gasteiger charge is -2.24. The molecule has 1 aromatic carbocycles. The van der Waals surface area contributed by atoms with E-state index in [0.717, 1.165) is 15.5 Å². The minimum atomic E-state index is -1.40. The highest BCUT2D eigenvalue weighted by molar-refractivity contribution is 9.10. The van der Waals surface area contributed by atoms with Crippen LogP contribution in [0.25, 0.3) is 5.69 Å². The van der Waals surface area contributed by atoms with E-state index in [1.165, 1.54) is 0 Å². The molecule has 0 unspecified atom stereocenters. The highest BCUT2D eigenvalue weighted by Crippen LogP contribution is 2.23. The fourth-order valence-corrected chi connectivity index (χ4v) is 3.29. The standard InChI is InChI=1S/C23H27BrN2O7/c1-14(2)12-32-22(30)25(23(31)33-13-15(3)4)11-19-18(24)10-17(21(28)29)20(27)26(19)16-8-6-5-7-9-16/h5-10,14-15H,11-13H2,1-4H3,(H,28,29). The number of aromatic carboxylic acids is 1. The number of hydrogen-bond acceptors (Lipinski definition) is 6. The fraction of sp³-hybridized carbons (Fsp3) is 0.391. The zero-order chi connectivity index (χ0) is 24.7. The Hall–Kier alpha value is -3.14. The molecule has 10 heteroatoms. The number of halogens is 1. The first-order valence-electron chi connectivity index (χ1n) is 10.4. The first-order valence-corrected chi connectivity index (χ1v) is 11.2. The van der Waals surface area contributed by atoms with Crippen LogP contribution >= 0.6 is 15.9 Å². The monoisotopic (exact) mass is 522 g/mol. The number of para-hydroxylation sites is 1. The zero-order valence-corrected chi connectivity index (χ0v) is 20.5. The molecule has 9 nitrogen and oxygen atoms in total. The van der Waals surface area contributed by atoms with E-state index in [2.05, 4.69) is 15.9 Å². The average molecular weight is 523 g/mol. The molecule has 0 atom stereocenters. The number of ether oxygens (including phenoxy) is 2. The van der Waals surface area contributed by atoms with Gasteiger partial charge in [-0.25, -0.2) is 19.3 Å². The number of imide groups is 1. The summed E-state index contributed by atoms with van der Waals surface area (Å²) in [4.78, 5) is 50.9. The Bertz CT molecular complexity index is 1040. The molecule has 2 amide bonds. The van der Waals surface area contributed by atoms with Gasteiger partial charge in [-0.2, -0.15) is 0 Å². The number of amides is 2. The van der Waals surface area contributed by atoms with E-state index in [1.807, 2.05) is 27.7 Å². The van der Waals surface area contributed by atoms with Gasteiger partial charge >= 0.3 is 18.2 Å². The Morgan fingerprint density at radius 2 is 1.52 bits per heavy atom. The molecule has 1 aromatic heterocycles. The van der Waals surface area contributed by atoms with Gasteiger partial charge in [0.05, 0.1) is 25.5 Å². The summed E-state index contributed by atoms with van der Waals surface area (Å²) < 4.78 is 11.8. The maximum Gasteiger partial charge on any atom is 0.419 e. The number of carboxylic acids is 1. The van der Waals surface area contributed by atoms with Crippen molar-refractivity contribution in [1.29, 1.82) is 0 Å². The average Bonchev–Trinajstić information content (AvgIpc) is 2.76. The molecule has 0 spiro atoms. The Morgan fingerprint density at radius 1 is 1.00 bits per heavy atom. The summed E-state index contributed by atoms with van der Waals surface area (Å²) in [7, 11) is 0. The minimum absolute atomic E-state index is 0.0339. The van der Waals surface area contributed by atoms with Crippen LogP contribution in [0.4, 0.5) is 9.59 Å². The molecular weight excluding hydrogens is 496 g/mol. The van der Waals surface area contributed by atoms with Gasteiger partial charge in [0.15, 0.2) is 0 Å². The van der Waals surface area contributed by atoms with E-state index < -0.39 is 35.8 Å². The van der Waals surface area contributed by atoms with E-state index >= 15 is 0 Å². The number of pyridine rings is 1. The second kappa shape index (κ2) is 11.6. The fourth-order valence-electron chi connectivity index (χ4n) is 2.76. The van der Waals surface area contributed by atoms with Gasteiger partial charge in [-0.15, -0.1) is 0 Å². The van der Waals surface area contributed by atoms with Crippen LogP contribution < -0.4 is 5.56 Å². The number of carbonyl (C=O) groups is 3. The molecule has 33 heavy (non-hydrogen) atoms. The maximum absolute atomic E-state index is 13.0. The lowest BCUT2D eigenvalue weighted by Crippen LogP contribution is -2.40. The first-order chi connectivity index (χ1) is 15.5.